The Kier molecular flexibility index (Phi) is 6.57. The van der Waals surface area contributed by atoms with Crippen molar-refractivity contribution in [3.8, 4) is 0 Å². The fraction of sp³-hybridized carbons (Fsp3) is 1.00. The number of aliphatic hydroxyl groups is 1. The van der Waals surface area contributed by atoms with E-state index in [1.165, 1.54) is 19.5 Å². The Morgan fingerprint density at radius 3 is 2.72 bits per heavy atom. The number of nitrogens with zero attached hydrogens (tertiary/aromatic N) is 2. The largest absolute Gasteiger partial charge is 0.389 e. The number of rotatable bonds is 6. The Morgan fingerprint density at radius 1 is 1.39 bits per heavy atom. The van der Waals surface area contributed by atoms with Crippen LogP contribution in [0.3, 0.4) is 0 Å². The van der Waals surface area contributed by atoms with Crippen LogP contribution in [0, 0.1) is 0 Å². The molecule has 3 N–H and O–H groups in total. The van der Waals surface area contributed by atoms with E-state index in [-0.39, 0.29) is 0 Å². The molecule has 2 atom stereocenters. The molecule has 1 aliphatic rings. The van der Waals surface area contributed by atoms with Crippen molar-refractivity contribution in [3.63, 3.8) is 0 Å². The molecule has 1 fully saturated rings. The van der Waals surface area contributed by atoms with Crippen molar-refractivity contribution >= 4 is 0 Å². The highest BCUT2D eigenvalue weighted by molar-refractivity contribution is 4.80. The molecule has 18 heavy (non-hydrogen) atoms. The molecule has 4 nitrogen and oxygen atoms in total. The van der Waals surface area contributed by atoms with Crippen molar-refractivity contribution in [1.82, 2.24) is 9.80 Å². The monoisotopic (exact) mass is 257 g/mol. The topological polar surface area (TPSA) is 52.7 Å². The van der Waals surface area contributed by atoms with Crippen molar-refractivity contribution in [2.24, 2.45) is 5.73 Å². The van der Waals surface area contributed by atoms with E-state index < -0.39 is 5.60 Å². The predicted octanol–water partition coefficient (Wildman–Crippen LogP) is 0.892. The third-order valence-corrected chi connectivity index (χ3v) is 4.31. The Hall–Kier alpha value is -0.160. The molecule has 1 aliphatic heterocycles. The van der Waals surface area contributed by atoms with E-state index in [4.69, 9.17) is 5.73 Å². The van der Waals surface area contributed by atoms with Gasteiger partial charge in [0, 0.05) is 19.1 Å². The highest BCUT2D eigenvalue weighted by Crippen LogP contribution is 2.17. The van der Waals surface area contributed by atoms with Gasteiger partial charge in [0.2, 0.25) is 0 Å². The lowest BCUT2D eigenvalue weighted by molar-refractivity contribution is 0.0304. The molecule has 0 aromatic carbocycles. The molecule has 0 aromatic rings. The van der Waals surface area contributed by atoms with Crippen LogP contribution in [0.15, 0.2) is 0 Å². The van der Waals surface area contributed by atoms with E-state index in [2.05, 4.69) is 23.8 Å². The van der Waals surface area contributed by atoms with Crippen molar-refractivity contribution in [3.05, 3.63) is 0 Å². The number of likely N-dealkylation sites (N-methyl/N-ethyl adjacent to an activating group) is 1. The number of hydrogen-bond donors (Lipinski definition) is 2. The Bertz CT molecular complexity index is 231. The predicted molar refractivity (Wildman–Crippen MR) is 76.7 cm³/mol. The standard InChI is InChI=1S/C14H31N3O/c1-4-14(18,12-15)7-5-9-17-10-6-8-16(3)11-13(17)2/h13,18H,4-12,15H2,1-3H3. The third-order valence-electron chi connectivity index (χ3n) is 4.31. The second-order valence-corrected chi connectivity index (χ2v) is 5.89. The molecule has 2 unspecified atom stereocenters. The van der Waals surface area contributed by atoms with Crippen LogP contribution in [0.5, 0.6) is 0 Å². The van der Waals surface area contributed by atoms with Crippen LogP contribution in [-0.4, -0.2) is 66.3 Å². The zero-order chi connectivity index (χ0) is 13.6. The molecule has 0 saturated carbocycles. The van der Waals surface area contributed by atoms with E-state index in [9.17, 15) is 5.11 Å². The van der Waals surface area contributed by atoms with Gasteiger partial charge in [-0.05, 0) is 59.3 Å². The van der Waals surface area contributed by atoms with E-state index in [1.807, 2.05) is 6.92 Å². The van der Waals surface area contributed by atoms with E-state index in [0.29, 0.717) is 12.6 Å². The lowest BCUT2D eigenvalue weighted by Crippen LogP contribution is -2.41. The van der Waals surface area contributed by atoms with Gasteiger partial charge in [-0.25, -0.2) is 0 Å². The van der Waals surface area contributed by atoms with Gasteiger partial charge in [-0.1, -0.05) is 6.92 Å². The van der Waals surface area contributed by atoms with Crippen LogP contribution in [0.1, 0.15) is 39.5 Å². The Labute approximate surface area is 112 Å². The van der Waals surface area contributed by atoms with E-state index in [0.717, 1.165) is 32.4 Å². The zero-order valence-electron chi connectivity index (χ0n) is 12.4. The lowest BCUT2D eigenvalue weighted by Gasteiger charge is -2.30. The lowest BCUT2D eigenvalue weighted by atomic mass is 9.94. The minimum Gasteiger partial charge on any atom is -0.389 e. The molecule has 0 aromatic heterocycles. The van der Waals surface area contributed by atoms with Gasteiger partial charge in [0.05, 0.1) is 5.60 Å². The maximum absolute atomic E-state index is 10.2. The minimum atomic E-state index is -0.647. The summed E-state index contributed by atoms with van der Waals surface area (Å²) in [6.45, 7) is 9.29. The average molecular weight is 257 g/mol. The smallest absolute Gasteiger partial charge is 0.0767 e. The van der Waals surface area contributed by atoms with Crippen molar-refractivity contribution in [1.29, 1.82) is 0 Å². The van der Waals surface area contributed by atoms with Crippen molar-refractivity contribution < 1.29 is 5.11 Å². The second-order valence-electron chi connectivity index (χ2n) is 5.89. The molecule has 0 aliphatic carbocycles. The summed E-state index contributed by atoms with van der Waals surface area (Å²) in [5, 5.41) is 10.2. The molecule has 0 amide bonds. The summed E-state index contributed by atoms with van der Waals surface area (Å²) in [6.07, 6.45) is 3.85. The van der Waals surface area contributed by atoms with Gasteiger partial charge >= 0.3 is 0 Å². The quantitative estimate of drug-likeness (QED) is 0.742. The molecule has 1 saturated heterocycles. The molecular formula is C14H31N3O. The van der Waals surface area contributed by atoms with Gasteiger partial charge < -0.3 is 15.7 Å². The van der Waals surface area contributed by atoms with Crippen LogP contribution in [0.4, 0.5) is 0 Å². The van der Waals surface area contributed by atoms with Crippen LogP contribution >= 0.6 is 0 Å². The van der Waals surface area contributed by atoms with Gasteiger partial charge in [0.1, 0.15) is 0 Å². The third kappa shape index (κ3) is 4.84. The summed E-state index contributed by atoms with van der Waals surface area (Å²) < 4.78 is 0. The first-order valence-corrected chi connectivity index (χ1v) is 7.36. The molecule has 1 heterocycles. The Morgan fingerprint density at radius 2 is 2.11 bits per heavy atom. The van der Waals surface area contributed by atoms with Crippen LogP contribution in [-0.2, 0) is 0 Å². The first-order valence-electron chi connectivity index (χ1n) is 7.36. The number of hydrogen-bond acceptors (Lipinski definition) is 4. The van der Waals surface area contributed by atoms with Gasteiger partial charge in [-0.2, -0.15) is 0 Å². The van der Waals surface area contributed by atoms with Gasteiger partial charge in [-0.3, -0.25) is 4.90 Å². The maximum Gasteiger partial charge on any atom is 0.0767 e. The fourth-order valence-electron chi connectivity index (χ4n) is 2.79. The molecule has 0 radical (unpaired) electrons. The van der Waals surface area contributed by atoms with Gasteiger partial charge in [0.15, 0.2) is 0 Å². The zero-order valence-corrected chi connectivity index (χ0v) is 12.4. The first kappa shape index (κ1) is 15.9. The van der Waals surface area contributed by atoms with E-state index in [1.54, 1.807) is 0 Å². The first-order chi connectivity index (χ1) is 8.50. The summed E-state index contributed by atoms with van der Waals surface area (Å²) in [7, 11) is 2.20. The van der Waals surface area contributed by atoms with Gasteiger partial charge in [0.25, 0.3) is 0 Å². The molecule has 4 heteroatoms. The van der Waals surface area contributed by atoms with Crippen LogP contribution in [0.2, 0.25) is 0 Å². The van der Waals surface area contributed by atoms with Gasteiger partial charge in [-0.15, -0.1) is 0 Å². The molecule has 1 rings (SSSR count). The second kappa shape index (κ2) is 7.43. The highest BCUT2D eigenvalue weighted by atomic mass is 16.3. The average Bonchev–Trinajstić information content (AvgIpc) is 2.51. The summed E-state index contributed by atoms with van der Waals surface area (Å²) in [6, 6.07) is 0.616. The fourth-order valence-corrected chi connectivity index (χ4v) is 2.79. The SMILES string of the molecule is CCC(O)(CN)CCCN1CCCN(C)CC1C. The molecule has 0 bridgehead atoms. The van der Waals surface area contributed by atoms with Crippen molar-refractivity contribution in [2.45, 2.75) is 51.2 Å². The highest BCUT2D eigenvalue weighted by Gasteiger charge is 2.24. The molecular weight excluding hydrogens is 226 g/mol. The number of nitrogens with two attached hydrogens (primary N) is 1. The molecule has 0 spiro atoms. The summed E-state index contributed by atoms with van der Waals surface area (Å²) in [4.78, 5) is 4.96. The summed E-state index contributed by atoms with van der Waals surface area (Å²) in [5.74, 6) is 0. The summed E-state index contributed by atoms with van der Waals surface area (Å²) >= 11 is 0. The minimum absolute atomic E-state index is 0.377. The normalized spacial score (nSPS) is 26.8. The summed E-state index contributed by atoms with van der Waals surface area (Å²) in [5.41, 5.74) is 4.99. The van der Waals surface area contributed by atoms with E-state index >= 15 is 0 Å². The maximum atomic E-state index is 10.2. The molecule has 108 valence electrons. The van der Waals surface area contributed by atoms with Crippen LogP contribution < -0.4 is 5.73 Å². The van der Waals surface area contributed by atoms with Crippen molar-refractivity contribution in [2.75, 3.05) is 39.8 Å². The van der Waals surface area contributed by atoms with Crippen LogP contribution in [0.25, 0.3) is 0 Å². The Balaban J connectivity index is 2.33.